The first-order chi connectivity index (χ1) is 38.1. The fourth-order valence-electron chi connectivity index (χ4n) is 8.58. The third kappa shape index (κ3) is 20.6. The lowest BCUT2D eigenvalue weighted by Crippen LogP contribution is -2.62. The Hall–Kier alpha value is -8.49. The largest absolute Gasteiger partial charge is 0.394 e. The zero-order chi connectivity index (χ0) is 60.8. The molecule has 1 saturated heterocycles. The maximum Gasteiger partial charge on any atom is 0.245 e. The van der Waals surface area contributed by atoms with E-state index >= 15 is 0 Å². The summed E-state index contributed by atoms with van der Waals surface area (Å²) in [5.41, 5.74) is 6.26. The highest BCUT2D eigenvalue weighted by atomic mass is 16.3. The molecule has 8 unspecified atom stereocenters. The van der Waals surface area contributed by atoms with Crippen molar-refractivity contribution in [1.82, 2.24) is 63.0 Å². The van der Waals surface area contributed by atoms with Gasteiger partial charge < -0.3 is 73.8 Å². The monoisotopic (exact) mass is 1130 g/mol. The molecule has 0 spiro atoms. The molecule has 27 heteroatoms. The number of nitrogens with two attached hydrogens (primary N) is 1. The van der Waals surface area contributed by atoms with Crippen LogP contribution in [0.1, 0.15) is 79.4 Å². The predicted molar refractivity (Wildman–Crippen MR) is 293 cm³/mol. The molecule has 0 bridgehead atoms. The van der Waals surface area contributed by atoms with Crippen molar-refractivity contribution < 1.29 is 67.4 Å². The minimum Gasteiger partial charge on any atom is -0.394 e. The van der Waals surface area contributed by atoms with Crippen LogP contribution in [0.5, 0.6) is 0 Å². The molecule has 13 N–H and O–H groups in total. The van der Waals surface area contributed by atoms with Crippen LogP contribution in [0.15, 0.2) is 60.7 Å². The molecule has 0 saturated carbocycles. The third-order valence-electron chi connectivity index (χ3n) is 13.2. The zero-order valence-corrected chi connectivity index (χ0v) is 47.4. The van der Waals surface area contributed by atoms with Crippen molar-refractivity contribution in [2.24, 2.45) is 17.6 Å². The quantitative estimate of drug-likeness (QED) is 0.0807. The van der Waals surface area contributed by atoms with Crippen LogP contribution in [0.2, 0.25) is 0 Å². The molecule has 0 aliphatic carbocycles. The fourth-order valence-corrected chi connectivity index (χ4v) is 8.58. The van der Waals surface area contributed by atoms with E-state index in [4.69, 9.17) is 5.73 Å². The van der Waals surface area contributed by atoms with Crippen LogP contribution >= 0.6 is 0 Å². The Balaban J connectivity index is 2.22. The first-order valence-corrected chi connectivity index (χ1v) is 26.5. The smallest absolute Gasteiger partial charge is 0.245 e. The molecular weight excluding hydrogens is 1050 g/mol. The van der Waals surface area contributed by atoms with Gasteiger partial charge in [-0.2, -0.15) is 0 Å². The number of amides is 13. The molecule has 2 aromatic rings. The summed E-state index contributed by atoms with van der Waals surface area (Å²) in [4.78, 5) is 181. The number of benzene rings is 2. The first kappa shape index (κ1) is 66.8. The standard InChI is InChI=1S/C54H79N13O14/c1-28(2)21-36-50(77)59-30(5)45(72)65-44(29(3)4)53(80)63-37(22-34-17-13-11-14-18-34)51(78)62-38(48(75)56-9)24-43(71)67(33(8)47(74)64-39(27-68)49(76)57-25-41(55)69)32(7)46(73)60-31(6)54(81)66(10)40(23-35-19-15-12-16-20-35)52(79)58-26-42(70)61-36/h11-20,28-33,36-40,44,68H,21-27H2,1-10H3,(H2,55,69)(H,56,75)(H,57,76)(H,58,79)(H,59,77)(H,60,73)(H,61,70)(H,62,78)(H,63,80)(H,64,74)(H,65,72)/t30?,31?,32?,33-,36?,37?,38?,39-,40?,44?/m0/s1. The molecule has 0 aromatic heterocycles. The van der Waals surface area contributed by atoms with Gasteiger partial charge in [0.2, 0.25) is 76.8 Å². The van der Waals surface area contributed by atoms with Crippen LogP contribution in [0, 0.1) is 11.8 Å². The lowest BCUT2D eigenvalue weighted by atomic mass is 10.00. The summed E-state index contributed by atoms with van der Waals surface area (Å²) < 4.78 is 0. The number of likely N-dealkylation sites (N-methyl/N-ethyl adjacent to an activating group) is 2. The number of aliphatic hydroxyl groups excluding tert-OH is 1. The van der Waals surface area contributed by atoms with Crippen LogP contribution in [-0.4, -0.2) is 186 Å². The minimum atomic E-state index is -1.79. The summed E-state index contributed by atoms with van der Waals surface area (Å²) in [6.45, 7) is 9.42. The van der Waals surface area contributed by atoms with Gasteiger partial charge in [0.05, 0.1) is 26.1 Å². The highest BCUT2D eigenvalue weighted by molar-refractivity contribution is 6.00. The second-order valence-electron chi connectivity index (χ2n) is 20.5. The average Bonchev–Trinajstić information content (AvgIpc) is 3.43. The van der Waals surface area contributed by atoms with Crippen molar-refractivity contribution in [3.8, 4) is 0 Å². The predicted octanol–water partition coefficient (Wildman–Crippen LogP) is -4.10. The van der Waals surface area contributed by atoms with E-state index in [1.165, 1.54) is 34.9 Å². The molecular formula is C54H79N13O14. The molecule has 81 heavy (non-hydrogen) atoms. The number of carbonyl (C=O) groups excluding carboxylic acids is 13. The molecule has 10 atom stereocenters. The van der Waals surface area contributed by atoms with Gasteiger partial charge in [0, 0.05) is 26.9 Å². The average molecular weight is 1130 g/mol. The van der Waals surface area contributed by atoms with Crippen molar-refractivity contribution in [2.45, 2.75) is 141 Å². The van der Waals surface area contributed by atoms with Crippen LogP contribution in [0.25, 0.3) is 0 Å². The lowest BCUT2D eigenvalue weighted by Gasteiger charge is -2.35. The first-order valence-electron chi connectivity index (χ1n) is 26.5. The SMILES string of the molecule is CNC(=O)C1CC(=O)N([C@@H](C)C(=O)N[C@@H](CO)C(=O)NCC(N)=O)C(C)C(=O)NC(C)C(=O)N(C)C(Cc2ccccc2)C(=O)NCC(=O)NC(CC(C)C)C(=O)NC(C)C(=O)NC(C(C)C)C(=O)NC(Cc2ccccc2)C(=O)N1. The Morgan fingerprint density at radius 2 is 1.25 bits per heavy atom. The third-order valence-corrected chi connectivity index (χ3v) is 13.2. The van der Waals surface area contributed by atoms with Gasteiger partial charge in [-0.15, -0.1) is 0 Å². The number of nitrogens with one attached hydrogen (secondary N) is 10. The van der Waals surface area contributed by atoms with E-state index < -0.39 is 169 Å². The number of hydrogen-bond donors (Lipinski definition) is 12. The van der Waals surface area contributed by atoms with E-state index in [1.807, 2.05) is 0 Å². The number of hydrogen-bond acceptors (Lipinski definition) is 14. The van der Waals surface area contributed by atoms with Crippen molar-refractivity contribution in [1.29, 1.82) is 0 Å². The van der Waals surface area contributed by atoms with Gasteiger partial charge in [-0.05, 0) is 57.1 Å². The van der Waals surface area contributed by atoms with E-state index in [1.54, 1.807) is 88.4 Å². The Morgan fingerprint density at radius 1 is 0.679 bits per heavy atom. The number of primary amides is 1. The molecule has 1 aliphatic rings. The second kappa shape index (κ2) is 31.9. The van der Waals surface area contributed by atoms with Gasteiger partial charge in [-0.1, -0.05) is 88.4 Å². The van der Waals surface area contributed by atoms with Crippen molar-refractivity contribution in [3.63, 3.8) is 0 Å². The fraction of sp³-hybridized carbons (Fsp3) is 0.537. The maximum absolute atomic E-state index is 14.8. The van der Waals surface area contributed by atoms with Crippen LogP contribution in [0.3, 0.4) is 0 Å². The molecule has 444 valence electrons. The highest BCUT2D eigenvalue weighted by Crippen LogP contribution is 2.16. The van der Waals surface area contributed by atoms with Gasteiger partial charge in [-0.25, -0.2) is 0 Å². The number of rotatable bonds is 15. The van der Waals surface area contributed by atoms with E-state index in [0.717, 1.165) is 11.8 Å². The summed E-state index contributed by atoms with van der Waals surface area (Å²) in [5.74, 6) is -13.0. The van der Waals surface area contributed by atoms with E-state index in [0.29, 0.717) is 16.0 Å². The normalized spacial score (nSPS) is 23.6. The van der Waals surface area contributed by atoms with Gasteiger partial charge in [0.15, 0.2) is 0 Å². The van der Waals surface area contributed by atoms with Crippen molar-refractivity contribution in [3.05, 3.63) is 71.8 Å². The van der Waals surface area contributed by atoms with E-state index in [9.17, 15) is 67.4 Å². The zero-order valence-electron chi connectivity index (χ0n) is 47.4. The molecule has 13 amide bonds. The van der Waals surface area contributed by atoms with Crippen LogP contribution in [0.4, 0.5) is 0 Å². The molecule has 1 aliphatic heterocycles. The molecule has 2 aromatic carbocycles. The van der Waals surface area contributed by atoms with Crippen molar-refractivity contribution in [2.75, 3.05) is 33.8 Å². The van der Waals surface area contributed by atoms with Gasteiger partial charge >= 0.3 is 0 Å². The summed E-state index contributed by atoms with van der Waals surface area (Å²) in [6.07, 6.45) is -1.15. The summed E-state index contributed by atoms with van der Waals surface area (Å²) in [5, 5.41) is 34.8. The summed E-state index contributed by atoms with van der Waals surface area (Å²) in [7, 11) is 2.49. The van der Waals surface area contributed by atoms with Crippen molar-refractivity contribution >= 4 is 76.8 Å². The van der Waals surface area contributed by atoms with E-state index in [-0.39, 0.29) is 25.2 Å². The molecule has 0 radical (unpaired) electrons. The molecule has 3 rings (SSSR count). The number of nitrogens with zero attached hydrogens (tertiary/aromatic N) is 2. The molecule has 1 fully saturated rings. The Kier molecular flexibility index (Phi) is 26.3. The second-order valence-corrected chi connectivity index (χ2v) is 20.5. The Bertz CT molecular complexity index is 2590. The Morgan fingerprint density at radius 3 is 1.79 bits per heavy atom. The topological polar surface area (TPSA) is 395 Å². The summed E-state index contributed by atoms with van der Waals surface area (Å²) in [6, 6.07) is 1.79. The number of carbonyl (C=O) groups is 13. The maximum atomic E-state index is 14.8. The van der Waals surface area contributed by atoms with E-state index in [2.05, 4.69) is 53.2 Å². The van der Waals surface area contributed by atoms with Gasteiger partial charge in [0.1, 0.15) is 60.4 Å². The van der Waals surface area contributed by atoms with Gasteiger partial charge in [0.25, 0.3) is 0 Å². The van der Waals surface area contributed by atoms with Gasteiger partial charge in [-0.3, -0.25) is 62.3 Å². The summed E-state index contributed by atoms with van der Waals surface area (Å²) >= 11 is 0. The van der Waals surface area contributed by atoms with Crippen LogP contribution in [-0.2, 0) is 75.2 Å². The lowest BCUT2D eigenvalue weighted by molar-refractivity contribution is -0.149. The minimum absolute atomic E-state index is 0.0917. The number of aliphatic hydroxyl groups is 1. The van der Waals surface area contributed by atoms with Crippen LogP contribution < -0.4 is 58.9 Å². The Labute approximate surface area is 470 Å². The highest BCUT2D eigenvalue weighted by Gasteiger charge is 2.40. The molecule has 27 nitrogen and oxygen atoms in total. The molecule has 1 heterocycles.